The van der Waals surface area contributed by atoms with Crippen LogP contribution >= 0.6 is 0 Å². The molecule has 0 amide bonds. The minimum absolute atomic E-state index is 0.337. The predicted molar refractivity (Wildman–Crippen MR) is 84.6 cm³/mol. The fraction of sp³-hybridized carbons (Fsp3) is 0.278. The van der Waals surface area contributed by atoms with Gasteiger partial charge in [0.2, 0.25) is 0 Å². The Morgan fingerprint density at radius 3 is 2.27 bits per heavy atom. The van der Waals surface area contributed by atoms with Gasteiger partial charge >= 0.3 is 0 Å². The van der Waals surface area contributed by atoms with Crippen molar-refractivity contribution in [3.63, 3.8) is 0 Å². The number of carbonyl (C=O) groups is 1. The summed E-state index contributed by atoms with van der Waals surface area (Å²) in [6.45, 7) is 2.74. The van der Waals surface area contributed by atoms with Crippen LogP contribution in [-0.2, 0) is 18.0 Å². The summed E-state index contributed by atoms with van der Waals surface area (Å²) in [5, 5.41) is 0. The summed E-state index contributed by atoms with van der Waals surface area (Å²) in [4.78, 5) is 11.4. The first-order chi connectivity index (χ1) is 10.7. The average Bonchev–Trinajstić information content (AvgIpc) is 2.55. The van der Waals surface area contributed by atoms with Gasteiger partial charge in [-0.05, 0) is 29.7 Å². The maximum atomic E-state index is 11.4. The molecule has 0 radical (unpaired) electrons. The molecule has 0 aliphatic rings. The molecule has 116 valence electrons. The van der Waals surface area contributed by atoms with E-state index in [1.807, 2.05) is 43.3 Å². The van der Waals surface area contributed by atoms with Crippen molar-refractivity contribution in [2.45, 2.75) is 20.1 Å². The average molecular weight is 300 g/mol. The SMILES string of the molecule is COc1c(C)cc(COCc2ccccc2)c(C=O)c1OC. The molecule has 0 aliphatic heterocycles. The van der Waals surface area contributed by atoms with Gasteiger partial charge in [-0.3, -0.25) is 4.79 Å². The molecule has 0 saturated carbocycles. The number of aryl methyl sites for hydroxylation is 1. The van der Waals surface area contributed by atoms with Crippen LogP contribution in [0.4, 0.5) is 0 Å². The predicted octanol–water partition coefficient (Wildman–Crippen LogP) is 3.54. The molecule has 0 aromatic heterocycles. The van der Waals surface area contributed by atoms with Crippen molar-refractivity contribution in [3.05, 3.63) is 58.7 Å². The van der Waals surface area contributed by atoms with Crippen LogP contribution in [-0.4, -0.2) is 20.5 Å². The minimum atomic E-state index is 0.337. The van der Waals surface area contributed by atoms with Crippen molar-refractivity contribution in [2.24, 2.45) is 0 Å². The summed E-state index contributed by atoms with van der Waals surface area (Å²) in [5.41, 5.74) is 3.26. The largest absolute Gasteiger partial charge is 0.493 e. The Morgan fingerprint density at radius 2 is 1.68 bits per heavy atom. The van der Waals surface area contributed by atoms with E-state index in [2.05, 4.69) is 0 Å². The first-order valence-corrected chi connectivity index (χ1v) is 7.02. The van der Waals surface area contributed by atoms with E-state index in [1.54, 1.807) is 7.11 Å². The molecule has 0 heterocycles. The van der Waals surface area contributed by atoms with Crippen molar-refractivity contribution in [1.29, 1.82) is 0 Å². The van der Waals surface area contributed by atoms with E-state index in [-0.39, 0.29) is 0 Å². The molecule has 0 aliphatic carbocycles. The molecule has 2 rings (SSSR count). The molecule has 22 heavy (non-hydrogen) atoms. The lowest BCUT2D eigenvalue weighted by atomic mass is 10.0. The normalized spacial score (nSPS) is 10.3. The van der Waals surface area contributed by atoms with E-state index >= 15 is 0 Å². The summed E-state index contributed by atoms with van der Waals surface area (Å²) in [5.74, 6) is 1.03. The summed E-state index contributed by atoms with van der Waals surface area (Å²) < 4.78 is 16.4. The third kappa shape index (κ3) is 3.46. The molecule has 0 N–H and O–H groups in total. The van der Waals surface area contributed by atoms with E-state index < -0.39 is 0 Å². The van der Waals surface area contributed by atoms with Gasteiger partial charge in [-0.2, -0.15) is 0 Å². The van der Waals surface area contributed by atoms with Crippen molar-refractivity contribution in [3.8, 4) is 11.5 Å². The molecule has 0 saturated heterocycles. The lowest BCUT2D eigenvalue weighted by Gasteiger charge is -2.16. The Labute approximate surface area is 130 Å². The van der Waals surface area contributed by atoms with Gasteiger partial charge in [0, 0.05) is 0 Å². The van der Waals surface area contributed by atoms with E-state index in [9.17, 15) is 4.79 Å². The molecular weight excluding hydrogens is 280 g/mol. The molecule has 4 nitrogen and oxygen atoms in total. The summed E-state index contributed by atoms with van der Waals surface area (Å²) >= 11 is 0. The molecule has 2 aromatic carbocycles. The van der Waals surface area contributed by atoms with Crippen LogP contribution in [0.15, 0.2) is 36.4 Å². The molecule has 0 fully saturated rings. The van der Waals surface area contributed by atoms with Crippen LogP contribution in [0.25, 0.3) is 0 Å². The first kappa shape index (κ1) is 16.0. The highest BCUT2D eigenvalue weighted by molar-refractivity contribution is 5.84. The van der Waals surface area contributed by atoms with Crippen molar-refractivity contribution < 1.29 is 19.0 Å². The number of hydrogen-bond acceptors (Lipinski definition) is 4. The topological polar surface area (TPSA) is 44.8 Å². The summed E-state index contributed by atoms with van der Waals surface area (Å²) in [6.07, 6.45) is 0.780. The fourth-order valence-corrected chi connectivity index (χ4v) is 2.41. The zero-order valence-electron chi connectivity index (χ0n) is 13.1. The van der Waals surface area contributed by atoms with E-state index in [0.717, 1.165) is 23.0 Å². The van der Waals surface area contributed by atoms with Gasteiger partial charge in [0.1, 0.15) is 0 Å². The number of ether oxygens (including phenoxy) is 3. The van der Waals surface area contributed by atoms with E-state index in [4.69, 9.17) is 14.2 Å². The number of aldehydes is 1. The van der Waals surface area contributed by atoms with Crippen molar-refractivity contribution >= 4 is 6.29 Å². The summed E-state index contributed by atoms with van der Waals surface area (Å²) in [6, 6.07) is 11.8. The third-order valence-corrected chi connectivity index (χ3v) is 3.44. The Bertz CT molecular complexity index is 635. The van der Waals surface area contributed by atoms with Gasteiger partial charge in [-0.15, -0.1) is 0 Å². The van der Waals surface area contributed by atoms with Gasteiger partial charge < -0.3 is 14.2 Å². The maximum absolute atomic E-state index is 11.4. The smallest absolute Gasteiger partial charge is 0.171 e. The number of hydrogen-bond donors (Lipinski definition) is 0. The second-order valence-electron chi connectivity index (χ2n) is 4.93. The summed E-state index contributed by atoms with van der Waals surface area (Å²) in [7, 11) is 3.09. The number of rotatable bonds is 7. The van der Waals surface area contributed by atoms with Crippen LogP contribution in [0.3, 0.4) is 0 Å². The number of carbonyl (C=O) groups excluding carboxylic acids is 1. The van der Waals surface area contributed by atoms with Crippen LogP contribution in [0.2, 0.25) is 0 Å². The molecule has 2 aromatic rings. The Kier molecular flexibility index (Phi) is 5.55. The first-order valence-electron chi connectivity index (χ1n) is 7.02. The highest BCUT2D eigenvalue weighted by atomic mass is 16.5. The molecular formula is C18H20O4. The van der Waals surface area contributed by atoms with Crippen LogP contribution < -0.4 is 9.47 Å². The highest BCUT2D eigenvalue weighted by Gasteiger charge is 2.17. The lowest BCUT2D eigenvalue weighted by Crippen LogP contribution is -2.04. The fourth-order valence-electron chi connectivity index (χ4n) is 2.41. The van der Waals surface area contributed by atoms with Gasteiger partial charge in [-0.25, -0.2) is 0 Å². The van der Waals surface area contributed by atoms with Gasteiger partial charge in [0.05, 0.1) is 33.0 Å². The Morgan fingerprint density at radius 1 is 1.00 bits per heavy atom. The van der Waals surface area contributed by atoms with Gasteiger partial charge in [0.15, 0.2) is 17.8 Å². The monoisotopic (exact) mass is 300 g/mol. The Balaban J connectivity index is 2.20. The van der Waals surface area contributed by atoms with Crippen molar-refractivity contribution in [2.75, 3.05) is 14.2 Å². The zero-order chi connectivity index (χ0) is 15.9. The second-order valence-corrected chi connectivity index (χ2v) is 4.93. The molecule has 0 spiro atoms. The quantitative estimate of drug-likeness (QED) is 0.734. The standard InChI is InChI=1S/C18H20O4/c1-13-9-15(12-22-11-14-7-5-4-6-8-14)16(10-19)18(21-3)17(13)20-2/h4-10H,11-12H2,1-3H3. The molecule has 0 bridgehead atoms. The van der Waals surface area contributed by atoms with Crippen LogP contribution in [0, 0.1) is 6.92 Å². The highest BCUT2D eigenvalue weighted by Crippen LogP contribution is 2.36. The molecule has 4 heteroatoms. The molecule has 0 atom stereocenters. The third-order valence-electron chi connectivity index (χ3n) is 3.44. The van der Waals surface area contributed by atoms with Crippen LogP contribution in [0.1, 0.15) is 27.0 Å². The maximum Gasteiger partial charge on any atom is 0.171 e. The van der Waals surface area contributed by atoms with E-state index in [1.165, 1.54) is 7.11 Å². The second kappa shape index (κ2) is 7.61. The zero-order valence-corrected chi connectivity index (χ0v) is 13.1. The van der Waals surface area contributed by atoms with Crippen molar-refractivity contribution in [1.82, 2.24) is 0 Å². The van der Waals surface area contributed by atoms with Gasteiger partial charge in [0.25, 0.3) is 0 Å². The minimum Gasteiger partial charge on any atom is -0.493 e. The van der Waals surface area contributed by atoms with Crippen LogP contribution in [0.5, 0.6) is 11.5 Å². The lowest BCUT2D eigenvalue weighted by molar-refractivity contribution is 0.103. The molecule has 0 unspecified atom stereocenters. The van der Waals surface area contributed by atoms with E-state index in [0.29, 0.717) is 30.3 Å². The Hall–Kier alpha value is -2.33. The number of benzene rings is 2. The number of methoxy groups -OCH3 is 2. The van der Waals surface area contributed by atoms with Gasteiger partial charge in [-0.1, -0.05) is 30.3 Å².